The van der Waals surface area contributed by atoms with Crippen LogP contribution in [0.1, 0.15) is 17.4 Å². The summed E-state index contributed by atoms with van der Waals surface area (Å²) in [6.07, 6.45) is 4.38. The van der Waals surface area contributed by atoms with Crippen LogP contribution in [-0.2, 0) is 7.05 Å². The van der Waals surface area contributed by atoms with Gasteiger partial charge in [-0.25, -0.2) is 4.68 Å². The van der Waals surface area contributed by atoms with Gasteiger partial charge >= 0.3 is 0 Å². The first-order valence-electron chi connectivity index (χ1n) is 6.12. The molecule has 2 aromatic heterocycles. The zero-order valence-corrected chi connectivity index (χ0v) is 12.4. The Morgan fingerprint density at radius 3 is 2.55 bits per heavy atom. The fourth-order valence-electron chi connectivity index (χ4n) is 2.09. The average molecular weight is 333 g/mol. The molecule has 1 aromatic carbocycles. The van der Waals surface area contributed by atoms with Gasteiger partial charge in [0.1, 0.15) is 6.10 Å². The van der Waals surface area contributed by atoms with E-state index in [1.165, 1.54) is 0 Å². The third-order valence-electron chi connectivity index (χ3n) is 3.14. The van der Waals surface area contributed by atoms with Crippen LogP contribution >= 0.6 is 15.9 Å². The number of aryl methyl sites for hydroxylation is 1. The van der Waals surface area contributed by atoms with E-state index < -0.39 is 6.10 Å². The van der Waals surface area contributed by atoms with Crippen LogP contribution in [0.5, 0.6) is 0 Å². The van der Waals surface area contributed by atoms with E-state index in [-0.39, 0.29) is 0 Å². The van der Waals surface area contributed by atoms with Gasteiger partial charge in [0.25, 0.3) is 0 Å². The molecular formula is C14H13BrN4O. The fourth-order valence-corrected chi connectivity index (χ4v) is 2.65. The minimum atomic E-state index is -0.769. The van der Waals surface area contributed by atoms with Gasteiger partial charge in [-0.05, 0) is 28.1 Å². The van der Waals surface area contributed by atoms with Crippen molar-refractivity contribution < 1.29 is 5.11 Å². The van der Waals surface area contributed by atoms with Crippen molar-refractivity contribution in [2.24, 2.45) is 7.05 Å². The molecule has 3 rings (SSSR count). The van der Waals surface area contributed by atoms with Gasteiger partial charge in [0.15, 0.2) is 0 Å². The molecule has 6 heteroatoms. The van der Waals surface area contributed by atoms with Crippen LogP contribution in [0.15, 0.2) is 53.4 Å². The van der Waals surface area contributed by atoms with E-state index in [0.717, 1.165) is 15.7 Å². The van der Waals surface area contributed by atoms with E-state index in [1.807, 2.05) is 36.5 Å². The lowest BCUT2D eigenvalue weighted by molar-refractivity contribution is 0.209. The zero-order valence-electron chi connectivity index (χ0n) is 10.8. The van der Waals surface area contributed by atoms with Gasteiger partial charge in [-0.2, -0.15) is 10.2 Å². The van der Waals surface area contributed by atoms with Gasteiger partial charge < -0.3 is 5.11 Å². The number of para-hydroxylation sites is 1. The van der Waals surface area contributed by atoms with Crippen molar-refractivity contribution in [2.75, 3.05) is 0 Å². The van der Waals surface area contributed by atoms with Crippen molar-refractivity contribution in [3.63, 3.8) is 0 Å². The fraction of sp³-hybridized carbons (Fsp3) is 0.143. The molecule has 0 fully saturated rings. The van der Waals surface area contributed by atoms with Crippen LogP contribution in [0.2, 0.25) is 0 Å². The van der Waals surface area contributed by atoms with E-state index in [1.54, 1.807) is 28.8 Å². The van der Waals surface area contributed by atoms with Crippen molar-refractivity contribution in [1.82, 2.24) is 19.6 Å². The van der Waals surface area contributed by atoms with Crippen molar-refractivity contribution in [1.29, 1.82) is 0 Å². The maximum absolute atomic E-state index is 10.5. The van der Waals surface area contributed by atoms with Gasteiger partial charge in [-0.1, -0.05) is 18.2 Å². The molecule has 102 valence electrons. The predicted molar refractivity (Wildman–Crippen MR) is 78.5 cm³/mol. The van der Waals surface area contributed by atoms with Crippen LogP contribution in [0.25, 0.3) is 5.69 Å². The average Bonchev–Trinajstić information content (AvgIpc) is 3.07. The molecule has 1 N–H and O–H groups in total. The molecule has 20 heavy (non-hydrogen) atoms. The Bertz CT molecular complexity index is 700. The summed E-state index contributed by atoms with van der Waals surface area (Å²) in [7, 11) is 1.80. The van der Waals surface area contributed by atoms with E-state index >= 15 is 0 Å². The number of rotatable bonds is 3. The van der Waals surface area contributed by atoms with Gasteiger partial charge in [-0.3, -0.25) is 4.68 Å². The van der Waals surface area contributed by atoms with Crippen molar-refractivity contribution in [3.05, 3.63) is 64.7 Å². The quantitative estimate of drug-likeness (QED) is 0.801. The first kappa shape index (κ1) is 13.1. The Balaban J connectivity index is 1.95. The van der Waals surface area contributed by atoms with Crippen molar-refractivity contribution in [2.45, 2.75) is 6.10 Å². The SMILES string of the molecule is Cn1ncc(Br)c1C(O)c1cnn(-c2ccccc2)c1. The number of aromatic nitrogens is 4. The van der Waals surface area contributed by atoms with E-state index in [0.29, 0.717) is 5.69 Å². The number of halogens is 1. The van der Waals surface area contributed by atoms with E-state index in [2.05, 4.69) is 26.1 Å². The third kappa shape index (κ3) is 2.28. The minimum absolute atomic E-state index is 0.706. The predicted octanol–water partition coefficient (Wildman–Crippen LogP) is 2.45. The monoisotopic (exact) mass is 332 g/mol. The summed E-state index contributed by atoms with van der Waals surface area (Å²) in [4.78, 5) is 0. The minimum Gasteiger partial charge on any atom is -0.382 e. The van der Waals surface area contributed by atoms with Crippen LogP contribution in [0.4, 0.5) is 0 Å². The lowest BCUT2D eigenvalue weighted by Gasteiger charge is -2.09. The molecule has 0 aliphatic carbocycles. The standard InChI is InChI=1S/C14H13BrN4O/c1-18-13(12(15)8-16-18)14(20)10-7-17-19(9-10)11-5-3-2-4-6-11/h2-9,14,20H,1H3. The summed E-state index contributed by atoms with van der Waals surface area (Å²) in [6, 6.07) is 9.78. The topological polar surface area (TPSA) is 55.9 Å². The number of aliphatic hydroxyl groups excluding tert-OH is 1. The molecule has 1 atom stereocenters. The normalized spacial score (nSPS) is 12.6. The van der Waals surface area contributed by atoms with Crippen LogP contribution < -0.4 is 0 Å². The summed E-state index contributed by atoms with van der Waals surface area (Å²) in [5.74, 6) is 0. The third-order valence-corrected chi connectivity index (χ3v) is 3.75. The van der Waals surface area contributed by atoms with Crippen LogP contribution in [0.3, 0.4) is 0 Å². The Labute approximate surface area is 124 Å². The smallest absolute Gasteiger partial charge is 0.125 e. The highest BCUT2D eigenvalue weighted by atomic mass is 79.9. The molecule has 0 saturated heterocycles. The number of nitrogens with zero attached hydrogens (tertiary/aromatic N) is 4. The molecule has 3 aromatic rings. The second kappa shape index (κ2) is 5.22. The molecule has 0 aliphatic heterocycles. The number of benzene rings is 1. The first-order valence-corrected chi connectivity index (χ1v) is 6.91. The number of hydrogen-bond acceptors (Lipinski definition) is 3. The van der Waals surface area contributed by atoms with Crippen molar-refractivity contribution >= 4 is 15.9 Å². The maximum atomic E-state index is 10.5. The number of aliphatic hydroxyl groups is 1. The Kier molecular flexibility index (Phi) is 3.42. The van der Waals surface area contributed by atoms with Crippen molar-refractivity contribution in [3.8, 4) is 5.69 Å². The van der Waals surface area contributed by atoms with Crippen LogP contribution in [-0.4, -0.2) is 24.7 Å². The second-order valence-electron chi connectivity index (χ2n) is 4.46. The Morgan fingerprint density at radius 2 is 1.90 bits per heavy atom. The summed E-state index contributed by atoms with van der Waals surface area (Å²) in [6.45, 7) is 0. The Hall–Kier alpha value is -1.92. The zero-order chi connectivity index (χ0) is 14.1. The van der Waals surface area contributed by atoms with E-state index in [9.17, 15) is 5.11 Å². The molecule has 0 aliphatic rings. The van der Waals surface area contributed by atoms with Gasteiger partial charge in [-0.15, -0.1) is 0 Å². The highest BCUT2D eigenvalue weighted by Crippen LogP contribution is 2.28. The summed E-state index contributed by atoms with van der Waals surface area (Å²) in [5.41, 5.74) is 2.38. The molecule has 1 unspecified atom stereocenters. The first-order chi connectivity index (χ1) is 9.66. The molecule has 0 amide bonds. The molecule has 0 spiro atoms. The van der Waals surface area contributed by atoms with Gasteiger partial charge in [0, 0.05) is 18.8 Å². The Morgan fingerprint density at radius 1 is 1.15 bits per heavy atom. The number of hydrogen-bond donors (Lipinski definition) is 1. The highest BCUT2D eigenvalue weighted by molar-refractivity contribution is 9.10. The van der Waals surface area contributed by atoms with E-state index in [4.69, 9.17) is 0 Å². The van der Waals surface area contributed by atoms with Gasteiger partial charge in [0.2, 0.25) is 0 Å². The summed E-state index contributed by atoms with van der Waals surface area (Å²) < 4.78 is 4.16. The van der Waals surface area contributed by atoms with Crippen LogP contribution in [0, 0.1) is 0 Å². The maximum Gasteiger partial charge on any atom is 0.125 e. The molecular weight excluding hydrogens is 320 g/mol. The lowest BCUT2D eigenvalue weighted by atomic mass is 10.1. The summed E-state index contributed by atoms with van der Waals surface area (Å²) >= 11 is 3.40. The molecule has 5 nitrogen and oxygen atoms in total. The van der Waals surface area contributed by atoms with Gasteiger partial charge in [0.05, 0.1) is 28.2 Å². The second-order valence-corrected chi connectivity index (χ2v) is 5.31. The molecule has 2 heterocycles. The molecule has 0 bridgehead atoms. The lowest BCUT2D eigenvalue weighted by Crippen LogP contribution is -2.06. The molecule has 0 saturated carbocycles. The highest BCUT2D eigenvalue weighted by Gasteiger charge is 2.19. The largest absolute Gasteiger partial charge is 0.382 e. The summed E-state index contributed by atoms with van der Waals surface area (Å²) in [5, 5.41) is 18.9. The molecule has 0 radical (unpaired) electrons.